The molecule has 0 unspecified atom stereocenters. The van der Waals surface area contributed by atoms with Crippen molar-refractivity contribution in [3.63, 3.8) is 0 Å². The monoisotopic (exact) mass is 420 g/mol. The fourth-order valence-corrected chi connectivity index (χ4v) is 3.87. The highest BCUT2D eigenvalue weighted by Crippen LogP contribution is 2.23. The molecule has 0 atom stereocenters. The van der Waals surface area contributed by atoms with E-state index in [0.717, 1.165) is 23.6 Å². The lowest BCUT2D eigenvalue weighted by atomic mass is 10.1. The van der Waals surface area contributed by atoms with E-state index in [1.165, 1.54) is 0 Å². The van der Waals surface area contributed by atoms with E-state index in [2.05, 4.69) is 0 Å². The Morgan fingerprint density at radius 1 is 1.13 bits per heavy atom. The minimum absolute atomic E-state index is 0.0564. The standard InChI is InChI=1S/C24H24N2O5/c1-16-12-21(17(2)26(16)14-20-8-5-11-30-20)24(29)31-15-22(27)18-6-3-7-19(13-18)25-10-4-9-23(25)28/h3,5-8,11-13H,4,9-10,14-15H2,1-2H3. The van der Waals surface area contributed by atoms with Crippen LogP contribution in [0.2, 0.25) is 0 Å². The average molecular weight is 420 g/mol. The number of benzene rings is 1. The van der Waals surface area contributed by atoms with Gasteiger partial charge in [0.2, 0.25) is 5.91 Å². The summed E-state index contributed by atoms with van der Waals surface area (Å²) in [6, 6.07) is 12.3. The molecular weight excluding hydrogens is 396 g/mol. The number of rotatable bonds is 7. The lowest BCUT2D eigenvalue weighted by molar-refractivity contribution is -0.117. The van der Waals surface area contributed by atoms with Crippen molar-refractivity contribution in [1.29, 1.82) is 0 Å². The molecule has 31 heavy (non-hydrogen) atoms. The predicted octanol–water partition coefficient (Wildman–Crippen LogP) is 3.91. The molecule has 0 aliphatic carbocycles. The van der Waals surface area contributed by atoms with Gasteiger partial charge in [0.15, 0.2) is 12.4 Å². The minimum atomic E-state index is -0.543. The number of hydrogen-bond donors (Lipinski definition) is 0. The Morgan fingerprint density at radius 3 is 2.68 bits per heavy atom. The van der Waals surface area contributed by atoms with E-state index >= 15 is 0 Å². The van der Waals surface area contributed by atoms with Crippen LogP contribution in [-0.2, 0) is 16.1 Å². The lowest BCUT2D eigenvalue weighted by Gasteiger charge is -2.16. The SMILES string of the molecule is Cc1cc(C(=O)OCC(=O)c2cccc(N3CCCC3=O)c2)c(C)n1Cc1ccco1. The van der Waals surface area contributed by atoms with Gasteiger partial charge in [-0.05, 0) is 50.6 Å². The van der Waals surface area contributed by atoms with E-state index in [0.29, 0.717) is 36.3 Å². The smallest absolute Gasteiger partial charge is 0.340 e. The molecule has 0 N–H and O–H groups in total. The molecule has 1 aromatic carbocycles. The lowest BCUT2D eigenvalue weighted by Crippen LogP contribution is -2.24. The van der Waals surface area contributed by atoms with Gasteiger partial charge in [0.25, 0.3) is 0 Å². The van der Waals surface area contributed by atoms with Crippen molar-refractivity contribution in [2.24, 2.45) is 0 Å². The number of aryl methyl sites for hydroxylation is 1. The first-order valence-corrected chi connectivity index (χ1v) is 10.2. The molecule has 3 heterocycles. The van der Waals surface area contributed by atoms with Gasteiger partial charge < -0.3 is 18.6 Å². The number of nitrogens with zero attached hydrogens (tertiary/aromatic N) is 2. The number of carbonyl (C=O) groups is 3. The summed E-state index contributed by atoms with van der Waals surface area (Å²) < 4.78 is 12.7. The van der Waals surface area contributed by atoms with E-state index in [1.54, 1.807) is 41.5 Å². The van der Waals surface area contributed by atoms with Gasteiger partial charge in [0, 0.05) is 35.6 Å². The number of hydrogen-bond acceptors (Lipinski definition) is 5. The summed E-state index contributed by atoms with van der Waals surface area (Å²) >= 11 is 0. The predicted molar refractivity (Wildman–Crippen MR) is 114 cm³/mol. The van der Waals surface area contributed by atoms with Gasteiger partial charge in [-0.1, -0.05) is 12.1 Å². The molecule has 7 heteroatoms. The van der Waals surface area contributed by atoms with E-state index in [1.807, 2.05) is 30.5 Å². The molecule has 1 aliphatic rings. The van der Waals surface area contributed by atoms with Gasteiger partial charge in [0.05, 0.1) is 18.4 Å². The van der Waals surface area contributed by atoms with Crippen molar-refractivity contribution >= 4 is 23.3 Å². The number of anilines is 1. The van der Waals surface area contributed by atoms with Crippen LogP contribution in [0.3, 0.4) is 0 Å². The normalized spacial score (nSPS) is 13.6. The highest BCUT2D eigenvalue weighted by atomic mass is 16.5. The fraction of sp³-hybridized carbons (Fsp3) is 0.292. The molecule has 1 fully saturated rings. The molecule has 1 amide bonds. The van der Waals surface area contributed by atoms with Crippen molar-refractivity contribution in [3.05, 3.63) is 77.0 Å². The van der Waals surface area contributed by atoms with Crippen LogP contribution < -0.4 is 4.90 Å². The zero-order valence-corrected chi connectivity index (χ0v) is 17.6. The van der Waals surface area contributed by atoms with Crippen LogP contribution in [0.4, 0.5) is 5.69 Å². The Hall–Kier alpha value is -3.61. The molecule has 7 nitrogen and oxygen atoms in total. The van der Waals surface area contributed by atoms with Crippen LogP contribution in [0.5, 0.6) is 0 Å². The first-order chi connectivity index (χ1) is 14.9. The van der Waals surface area contributed by atoms with E-state index in [-0.39, 0.29) is 18.3 Å². The fourth-order valence-electron chi connectivity index (χ4n) is 3.87. The number of ether oxygens (including phenoxy) is 1. The quantitative estimate of drug-likeness (QED) is 0.428. The number of ketones is 1. The van der Waals surface area contributed by atoms with Gasteiger partial charge in [-0.15, -0.1) is 0 Å². The largest absolute Gasteiger partial charge is 0.467 e. The highest BCUT2D eigenvalue weighted by molar-refractivity contribution is 6.02. The number of Topliss-reactive ketones (excluding diaryl/α,β-unsaturated/α-hetero) is 1. The summed E-state index contributed by atoms with van der Waals surface area (Å²) in [4.78, 5) is 38.9. The zero-order chi connectivity index (χ0) is 22.0. The third-order valence-electron chi connectivity index (χ3n) is 5.58. The highest BCUT2D eigenvalue weighted by Gasteiger charge is 2.23. The first kappa shape index (κ1) is 20.7. The second-order valence-corrected chi connectivity index (χ2v) is 7.65. The second kappa shape index (κ2) is 8.63. The molecule has 0 spiro atoms. The molecule has 0 saturated carbocycles. The Kier molecular flexibility index (Phi) is 5.75. The molecule has 4 rings (SSSR count). The summed E-state index contributed by atoms with van der Waals surface area (Å²) in [5.74, 6) is -0.0153. The van der Waals surface area contributed by atoms with Crippen molar-refractivity contribution in [2.75, 3.05) is 18.1 Å². The van der Waals surface area contributed by atoms with Gasteiger partial charge in [-0.3, -0.25) is 9.59 Å². The van der Waals surface area contributed by atoms with Gasteiger partial charge >= 0.3 is 5.97 Å². The number of aromatic nitrogens is 1. The third kappa shape index (κ3) is 4.30. The second-order valence-electron chi connectivity index (χ2n) is 7.65. The molecule has 1 aliphatic heterocycles. The van der Waals surface area contributed by atoms with Crippen molar-refractivity contribution in [3.8, 4) is 0 Å². The summed E-state index contributed by atoms with van der Waals surface area (Å²) in [5.41, 5.74) is 3.18. The van der Waals surface area contributed by atoms with Crippen molar-refractivity contribution in [1.82, 2.24) is 4.57 Å². The maximum Gasteiger partial charge on any atom is 0.340 e. The third-order valence-corrected chi connectivity index (χ3v) is 5.58. The Morgan fingerprint density at radius 2 is 1.97 bits per heavy atom. The maximum absolute atomic E-state index is 12.6. The summed E-state index contributed by atoms with van der Waals surface area (Å²) in [6.45, 7) is 4.55. The average Bonchev–Trinajstić information content (AvgIpc) is 3.50. The molecule has 0 radical (unpaired) electrons. The zero-order valence-electron chi connectivity index (χ0n) is 17.6. The van der Waals surface area contributed by atoms with Crippen molar-refractivity contribution < 1.29 is 23.5 Å². The van der Waals surface area contributed by atoms with Crippen LogP contribution in [0.25, 0.3) is 0 Å². The summed E-state index contributed by atoms with van der Waals surface area (Å²) in [5, 5.41) is 0. The number of amides is 1. The Bertz CT molecular complexity index is 1130. The van der Waals surface area contributed by atoms with Crippen LogP contribution in [-0.4, -0.2) is 35.4 Å². The Balaban J connectivity index is 1.42. The summed E-state index contributed by atoms with van der Waals surface area (Å²) in [6.07, 6.45) is 2.94. The molecule has 3 aromatic rings. The van der Waals surface area contributed by atoms with Gasteiger partial charge in [0.1, 0.15) is 5.76 Å². The van der Waals surface area contributed by atoms with E-state index < -0.39 is 5.97 Å². The van der Waals surface area contributed by atoms with Crippen LogP contribution >= 0.6 is 0 Å². The topological polar surface area (TPSA) is 81.8 Å². The number of carbonyl (C=O) groups excluding carboxylic acids is 3. The molecule has 2 aromatic heterocycles. The number of esters is 1. The summed E-state index contributed by atoms with van der Waals surface area (Å²) in [7, 11) is 0. The van der Waals surface area contributed by atoms with Crippen molar-refractivity contribution in [2.45, 2.75) is 33.2 Å². The van der Waals surface area contributed by atoms with Crippen LogP contribution in [0.1, 0.15) is 50.7 Å². The van der Waals surface area contributed by atoms with Gasteiger partial charge in [-0.25, -0.2) is 4.79 Å². The van der Waals surface area contributed by atoms with E-state index in [9.17, 15) is 14.4 Å². The Labute approximate surface area is 180 Å². The van der Waals surface area contributed by atoms with Crippen LogP contribution in [0, 0.1) is 13.8 Å². The van der Waals surface area contributed by atoms with E-state index in [4.69, 9.17) is 9.15 Å². The van der Waals surface area contributed by atoms with Crippen LogP contribution in [0.15, 0.2) is 53.1 Å². The first-order valence-electron chi connectivity index (χ1n) is 10.2. The molecule has 0 bridgehead atoms. The molecular formula is C24H24N2O5. The minimum Gasteiger partial charge on any atom is -0.467 e. The molecule has 1 saturated heterocycles. The van der Waals surface area contributed by atoms with Gasteiger partial charge in [-0.2, -0.15) is 0 Å². The maximum atomic E-state index is 12.6. The number of furan rings is 1. The molecule has 160 valence electrons.